The number of benzene rings is 2. The van der Waals surface area contributed by atoms with E-state index in [9.17, 15) is 4.39 Å². The van der Waals surface area contributed by atoms with Crippen LogP contribution in [0.25, 0.3) is 22.0 Å². The molecule has 2 aromatic heterocycles. The first-order valence-electron chi connectivity index (χ1n) is 9.18. The van der Waals surface area contributed by atoms with Crippen molar-refractivity contribution in [3.05, 3.63) is 78.4 Å². The number of fused-ring (bicyclic) bond motifs is 1. The van der Waals surface area contributed by atoms with Gasteiger partial charge in [0, 0.05) is 48.7 Å². The maximum atomic E-state index is 13.7. The Balaban J connectivity index is 1.59. The standard InChI is InChI=1S/C23H21FN4O/c1-28(14-15-3-5-21(29-2)6-4-15)23-11-22-18(13-27-23)7-17(12-26-22)16-8-19(24)10-20(25)9-16/h3-13H,14,25H2,1-2H3. The fraction of sp³-hybridized carbons (Fsp3) is 0.130. The number of pyridine rings is 2. The molecule has 0 aliphatic heterocycles. The predicted molar refractivity (Wildman–Crippen MR) is 114 cm³/mol. The van der Waals surface area contributed by atoms with Gasteiger partial charge in [-0.25, -0.2) is 9.37 Å². The van der Waals surface area contributed by atoms with Crippen LogP contribution in [0.1, 0.15) is 5.56 Å². The smallest absolute Gasteiger partial charge is 0.130 e. The second-order valence-corrected chi connectivity index (χ2v) is 6.94. The lowest BCUT2D eigenvalue weighted by Gasteiger charge is -2.18. The van der Waals surface area contributed by atoms with E-state index in [4.69, 9.17) is 10.5 Å². The van der Waals surface area contributed by atoms with Crippen molar-refractivity contribution in [3.8, 4) is 16.9 Å². The van der Waals surface area contributed by atoms with E-state index in [-0.39, 0.29) is 5.82 Å². The van der Waals surface area contributed by atoms with Crippen molar-refractivity contribution >= 4 is 22.4 Å². The van der Waals surface area contributed by atoms with Crippen LogP contribution in [0, 0.1) is 5.82 Å². The van der Waals surface area contributed by atoms with Gasteiger partial charge in [0.1, 0.15) is 17.4 Å². The van der Waals surface area contributed by atoms with Crippen molar-refractivity contribution in [2.45, 2.75) is 6.54 Å². The zero-order valence-corrected chi connectivity index (χ0v) is 16.3. The number of ether oxygens (including phenoxy) is 1. The molecule has 2 N–H and O–H groups in total. The summed E-state index contributed by atoms with van der Waals surface area (Å²) in [5.41, 5.74) is 9.61. The molecule has 4 rings (SSSR count). The van der Waals surface area contributed by atoms with Crippen LogP contribution < -0.4 is 15.4 Å². The number of nitrogens with two attached hydrogens (primary N) is 1. The molecule has 6 heteroatoms. The maximum Gasteiger partial charge on any atom is 0.130 e. The molecule has 0 fully saturated rings. The van der Waals surface area contributed by atoms with Gasteiger partial charge in [-0.2, -0.15) is 0 Å². The van der Waals surface area contributed by atoms with Gasteiger partial charge >= 0.3 is 0 Å². The molecule has 29 heavy (non-hydrogen) atoms. The fourth-order valence-corrected chi connectivity index (χ4v) is 3.24. The molecule has 0 atom stereocenters. The first-order chi connectivity index (χ1) is 14.0. The van der Waals surface area contributed by atoms with E-state index in [0.717, 1.165) is 33.6 Å². The molecular weight excluding hydrogens is 367 g/mol. The van der Waals surface area contributed by atoms with Crippen molar-refractivity contribution < 1.29 is 9.13 Å². The van der Waals surface area contributed by atoms with E-state index in [1.807, 2.05) is 43.4 Å². The highest BCUT2D eigenvalue weighted by atomic mass is 19.1. The lowest BCUT2D eigenvalue weighted by molar-refractivity contribution is 0.414. The minimum absolute atomic E-state index is 0.367. The van der Waals surface area contributed by atoms with Gasteiger partial charge in [-0.3, -0.25) is 4.98 Å². The number of anilines is 2. The van der Waals surface area contributed by atoms with Crippen LogP contribution >= 0.6 is 0 Å². The summed E-state index contributed by atoms with van der Waals surface area (Å²) in [4.78, 5) is 11.2. The third-order valence-electron chi connectivity index (χ3n) is 4.77. The highest BCUT2D eigenvalue weighted by Crippen LogP contribution is 2.27. The third kappa shape index (κ3) is 4.11. The molecule has 0 aliphatic rings. The molecule has 2 aromatic carbocycles. The summed E-state index contributed by atoms with van der Waals surface area (Å²) in [7, 11) is 3.64. The number of rotatable bonds is 5. The van der Waals surface area contributed by atoms with E-state index in [1.165, 1.54) is 12.1 Å². The van der Waals surface area contributed by atoms with E-state index in [1.54, 1.807) is 25.6 Å². The van der Waals surface area contributed by atoms with Crippen LogP contribution in [0.4, 0.5) is 15.9 Å². The van der Waals surface area contributed by atoms with E-state index < -0.39 is 0 Å². The molecule has 0 saturated heterocycles. The average molecular weight is 388 g/mol. The average Bonchev–Trinajstić information content (AvgIpc) is 2.72. The van der Waals surface area contributed by atoms with Crippen molar-refractivity contribution in [2.75, 3.05) is 24.8 Å². The highest BCUT2D eigenvalue weighted by molar-refractivity contribution is 5.85. The first-order valence-corrected chi connectivity index (χ1v) is 9.18. The molecule has 0 aliphatic carbocycles. The lowest BCUT2D eigenvalue weighted by Crippen LogP contribution is -2.17. The minimum Gasteiger partial charge on any atom is -0.497 e. The predicted octanol–water partition coefficient (Wildman–Crippen LogP) is 4.66. The zero-order chi connectivity index (χ0) is 20.4. The molecule has 0 saturated carbocycles. The van der Waals surface area contributed by atoms with Gasteiger partial charge in [0.05, 0.1) is 12.6 Å². The molecule has 146 valence electrons. The summed E-state index contributed by atoms with van der Waals surface area (Å²) in [5.74, 6) is 1.29. The van der Waals surface area contributed by atoms with Crippen LogP contribution in [-0.2, 0) is 6.54 Å². The van der Waals surface area contributed by atoms with Crippen molar-refractivity contribution in [3.63, 3.8) is 0 Å². The molecule has 0 amide bonds. The largest absolute Gasteiger partial charge is 0.497 e. The Bertz CT molecular complexity index is 1140. The second kappa shape index (κ2) is 7.75. The Hall–Kier alpha value is -3.67. The number of hydrogen-bond acceptors (Lipinski definition) is 5. The van der Waals surface area contributed by atoms with Gasteiger partial charge in [0.15, 0.2) is 0 Å². The van der Waals surface area contributed by atoms with Gasteiger partial charge in [-0.1, -0.05) is 12.1 Å². The number of hydrogen-bond donors (Lipinski definition) is 1. The SMILES string of the molecule is COc1ccc(CN(C)c2cc3ncc(-c4cc(N)cc(F)c4)cc3cn2)cc1. The topological polar surface area (TPSA) is 64.3 Å². The van der Waals surface area contributed by atoms with Gasteiger partial charge in [0.25, 0.3) is 0 Å². The Morgan fingerprint density at radius 1 is 0.966 bits per heavy atom. The van der Waals surface area contributed by atoms with Crippen molar-refractivity contribution in [1.82, 2.24) is 9.97 Å². The summed E-state index contributed by atoms with van der Waals surface area (Å²) in [5, 5.41) is 0.881. The molecule has 2 heterocycles. The van der Waals surface area contributed by atoms with Gasteiger partial charge in [-0.15, -0.1) is 0 Å². The maximum absolute atomic E-state index is 13.7. The van der Waals surface area contributed by atoms with E-state index in [0.29, 0.717) is 17.8 Å². The lowest BCUT2D eigenvalue weighted by atomic mass is 10.1. The summed E-state index contributed by atoms with van der Waals surface area (Å²) in [6.45, 7) is 0.711. The zero-order valence-electron chi connectivity index (χ0n) is 16.3. The minimum atomic E-state index is -0.367. The highest BCUT2D eigenvalue weighted by Gasteiger charge is 2.08. The van der Waals surface area contributed by atoms with Gasteiger partial charge in [0.2, 0.25) is 0 Å². The normalized spacial score (nSPS) is 10.9. The van der Waals surface area contributed by atoms with Crippen molar-refractivity contribution in [1.29, 1.82) is 0 Å². The van der Waals surface area contributed by atoms with Crippen molar-refractivity contribution in [2.24, 2.45) is 0 Å². The van der Waals surface area contributed by atoms with Crippen LogP contribution in [0.3, 0.4) is 0 Å². The summed E-state index contributed by atoms with van der Waals surface area (Å²) in [6, 6.07) is 16.3. The Labute approximate surface area is 168 Å². The second-order valence-electron chi connectivity index (χ2n) is 6.94. The number of nitrogen functional groups attached to an aromatic ring is 1. The Kier molecular flexibility index (Phi) is 4.99. The van der Waals surface area contributed by atoms with Crippen LogP contribution in [-0.4, -0.2) is 24.1 Å². The summed E-state index contributed by atoms with van der Waals surface area (Å²) < 4.78 is 18.9. The Morgan fingerprint density at radius 2 is 1.76 bits per heavy atom. The molecular formula is C23H21FN4O. The molecule has 0 spiro atoms. The van der Waals surface area contributed by atoms with Crippen LogP contribution in [0.5, 0.6) is 5.75 Å². The molecule has 0 radical (unpaired) electrons. The van der Waals surface area contributed by atoms with E-state index >= 15 is 0 Å². The van der Waals surface area contributed by atoms with Gasteiger partial charge < -0.3 is 15.4 Å². The summed E-state index contributed by atoms with van der Waals surface area (Å²) in [6.07, 6.45) is 3.51. The Morgan fingerprint density at radius 3 is 2.48 bits per heavy atom. The monoisotopic (exact) mass is 388 g/mol. The van der Waals surface area contributed by atoms with Crippen LogP contribution in [0.2, 0.25) is 0 Å². The van der Waals surface area contributed by atoms with Gasteiger partial charge in [-0.05, 0) is 47.5 Å². The number of aromatic nitrogens is 2. The fourth-order valence-electron chi connectivity index (χ4n) is 3.24. The number of nitrogens with zero attached hydrogens (tertiary/aromatic N) is 3. The van der Waals surface area contributed by atoms with Crippen LogP contribution in [0.15, 0.2) is 67.0 Å². The molecule has 5 nitrogen and oxygen atoms in total. The number of methoxy groups -OCH3 is 1. The summed E-state index contributed by atoms with van der Waals surface area (Å²) >= 11 is 0. The molecule has 0 bridgehead atoms. The third-order valence-corrected chi connectivity index (χ3v) is 4.77. The quantitative estimate of drug-likeness (QED) is 0.504. The number of halogens is 1. The molecule has 4 aromatic rings. The molecule has 0 unspecified atom stereocenters. The van der Waals surface area contributed by atoms with E-state index in [2.05, 4.69) is 14.9 Å². The first kappa shape index (κ1) is 18.7.